The highest BCUT2D eigenvalue weighted by Crippen LogP contribution is 2.12. The number of thioether (sulfide) groups is 1. The molecule has 0 amide bonds. The van der Waals surface area contributed by atoms with Crippen molar-refractivity contribution in [3.05, 3.63) is 6.33 Å². The van der Waals surface area contributed by atoms with Gasteiger partial charge in [-0.05, 0) is 11.8 Å². The molecular weight excluding hydrogens is 182 g/mol. The predicted octanol–water partition coefficient (Wildman–Crippen LogP) is 0.559. The van der Waals surface area contributed by atoms with Gasteiger partial charge in [-0.15, -0.1) is 10.2 Å². The first kappa shape index (κ1) is 8.85. The van der Waals surface area contributed by atoms with Crippen LogP contribution in [0.25, 0.3) is 0 Å². The lowest BCUT2D eigenvalue weighted by Crippen LogP contribution is -2.00. The fourth-order valence-corrected chi connectivity index (χ4v) is 1.16. The zero-order valence-corrected chi connectivity index (χ0v) is 7.11. The fraction of sp³-hybridized carbons (Fsp3) is 0.400. The third-order valence-corrected chi connectivity index (χ3v) is 1.90. The van der Waals surface area contributed by atoms with Crippen LogP contribution in [0.4, 0.5) is 4.79 Å². The van der Waals surface area contributed by atoms with Gasteiger partial charge in [0.25, 0.3) is 0 Å². The van der Waals surface area contributed by atoms with Gasteiger partial charge in [0.15, 0.2) is 5.16 Å². The third kappa shape index (κ3) is 2.42. The summed E-state index contributed by atoms with van der Waals surface area (Å²) in [5.74, 6) is 0.0296. The molecule has 0 bridgehead atoms. The van der Waals surface area contributed by atoms with Crippen molar-refractivity contribution in [2.24, 2.45) is 7.05 Å². The van der Waals surface area contributed by atoms with Crippen molar-refractivity contribution in [3.8, 4) is 0 Å². The molecule has 0 aromatic carbocycles. The number of ether oxygens (including phenoxy) is 1. The van der Waals surface area contributed by atoms with Gasteiger partial charge in [-0.3, -0.25) is 0 Å². The molecule has 1 heterocycles. The summed E-state index contributed by atoms with van der Waals surface area (Å²) in [7, 11) is 1.77. The number of hydrogen-bond donors (Lipinski definition) is 1. The summed E-state index contributed by atoms with van der Waals surface area (Å²) < 4.78 is 5.95. The Hall–Kier alpha value is -1.24. The van der Waals surface area contributed by atoms with Crippen molar-refractivity contribution < 1.29 is 14.6 Å². The Bertz CT molecular complexity index is 275. The highest BCUT2D eigenvalue weighted by atomic mass is 32.2. The second-order valence-electron chi connectivity index (χ2n) is 1.90. The summed E-state index contributed by atoms with van der Waals surface area (Å²) in [5, 5.41) is 16.1. The van der Waals surface area contributed by atoms with Gasteiger partial charge in [0, 0.05) is 7.05 Å². The van der Waals surface area contributed by atoms with Gasteiger partial charge < -0.3 is 14.4 Å². The molecule has 0 radical (unpaired) electrons. The molecule has 0 aliphatic heterocycles. The molecule has 0 atom stereocenters. The van der Waals surface area contributed by atoms with E-state index in [9.17, 15) is 4.79 Å². The zero-order chi connectivity index (χ0) is 8.97. The molecule has 6 nitrogen and oxygen atoms in total. The van der Waals surface area contributed by atoms with Crippen LogP contribution in [0.2, 0.25) is 0 Å². The number of rotatable bonds is 3. The lowest BCUT2D eigenvalue weighted by Gasteiger charge is -1.98. The van der Waals surface area contributed by atoms with Crippen LogP contribution in [0.5, 0.6) is 0 Å². The molecule has 66 valence electrons. The Morgan fingerprint density at radius 3 is 3.17 bits per heavy atom. The number of carbonyl (C=O) groups is 1. The van der Waals surface area contributed by atoms with Crippen molar-refractivity contribution in [1.82, 2.24) is 14.8 Å². The first-order chi connectivity index (χ1) is 5.70. The number of aromatic nitrogens is 3. The van der Waals surface area contributed by atoms with Crippen molar-refractivity contribution in [1.29, 1.82) is 0 Å². The lowest BCUT2D eigenvalue weighted by molar-refractivity contribution is 0.109. The molecule has 0 spiro atoms. The van der Waals surface area contributed by atoms with Gasteiger partial charge in [-0.25, -0.2) is 4.79 Å². The molecule has 0 aliphatic rings. The van der Waals surface area contributed by atoms with Crippen LogP contribution < -0.4 is 0 Å². The predicted molar refractivity (Wildman–Crippen MR) is 40.8 cm³/mol. The van der Waals surface area contributed by atoms with E-state index in [4.69, 9.17) is 5.11 Å². The normalized spacial score (nSPS) is 9.75. The number of aryl methyl sites for hydroxylation is 1. The van der Waals surface area contributed by atoms with E-state index in [0.29, 0.717) is 5.16 Å². The van der Waals surface area contributed by atoms with Crippen LogP contribution in [0, 0.1) is 0 Å². The molecule has 0 unspecified atom stereocenters. The molecule has 1 aromatic heterocycles. The second-order valence-corrected chi connectivity index (χ2v) is 2.79. The van der Waals surface area contributed by atoms with Crippen molar-refractivity contribution in [2.45, 2.75) is 5.16 Å². The summed E-state index contributed by atoms with van der Waals surface area (Å²) in [6.07, 6.45) is 0.244. The molecule has 12 heavy (non-hydrogen) atoms. The first-order valence-electron chi connectivity index (χ1n) is 3.02. The van der Waals surface area contributed by atoms with Crippen molar-refractivity contribution >= 4 is 17.9 Å². The SMILES string of the molecule is Cn1cnnc1SCOC(=O)O. The van der Waals surface area contributed by atoms with E-state index >= 15 is 0 Å². The fourth-order valence-electron chi connectivity index (χ4n) is 0.536. The molecule has 7 heteroatoms. The third-order valence-electron chi connectivity index (χ3n) is 1.04. The van der Waals surface area contributed by atoms with E-state index < -0.39 is 6.16 Å². The van der Waals surface area contributed by atoms with E-state index in [1.54, 1.807) is 11.6 Å². The summed E-state index contributed by atoms with van der Waals surface area (Å²) in [5.41, 5.74) is 0. The van der Waals surface area contributed by atoms with Crippen LogP contribution in [0.15, 0.2) is 11.5 Å². The summed E-state index contributed by atoms with van der Waals surface area (Å²) in [6, 6.07) is 0. The highest BCUT2D eigenvalue weighted by Gasteiger charge is 2.02. The van der Waals surface area contributed by atoms with E-state index in [1.807, 2.05) is 0 Å². The molecule has 0 saturated carbocycles. The Balaban J connectivity index is 2.33. The standard InChI is InChI=1S/C5H7N3O3S/c1-8-2-6-7-4(8)12-3-11-5(9)10/h2H,3H2,1H3,(H,9,10). The van der Waals surface area contributed by atoms with E-state index in [2.05, 4.69) is 14.9 Å². The Kier molecular flexibility index (Phi) is 2.92. The minimum atomic E-state index is -1.29. The van der Waals surface area contributed by atoms with Crippen LogP contribution in [0.1, 0.15) is 0 Å². The molecule has 1 rings (SSSR count). The van der Waals surface area contributed by atoms with Crippen LogP contribution in [0.3, 0.4) is 0 Å². The van der Waals surface area contributed by atoms with Crippen molar-refractivity contribution in [3.63, 3.8) is 0 Å². The minimum Gasteiger partial charge on any atom is -0.450 e. The van der Waals surface area contributed by atoms with Gasteiger partial charge in [0.05, 0.1) is 0 Å². The maximum Gasteiger partial charge on any atom is 0.506 e. The minimum absolute atomic E-state index is 0.0296. The maximum absolute atomic E-state index is 9.93. The van der Waals surface area contributed by atoms with Crippen LogP contribution >= 0.6 is 11.8 Å². The van der Waals surface area contributed by atoms with Crippen molar-refractivity contribution in [2.75, 3.05) is 5.94 Å². The van der Waals surface area contributed by atoms with Gasteiger partial charge in [0.1, 0.15) is 12.3 Å². The molecule has 0 fully saturated rings. The second kappa shape index (κ2) is 3.96. The Morgan fingerprint density at radius 2 is 2.67 bits per heavy atom. The van der Waals surface area contributed by atoms with E-state index in [0.717, 1.165) is 0 Å². The first-order valence-corrected chi connectivity index (χ1v) is 4.01. The topological polar surface area (TPSA) is 77.2 Å². The number of carboxylic acid groups (broad SMARTS) is 1. The van der Waals surface area contributed by atoms with Crippen LogP contribution in [-0.4, -0.2) is 32.0 Å². The largest absolute Gasteiger partial charge is 0.506 e. The van der Waals surface area contributed by atoms with Gasteiger partial charge in [-0.1, -0.05) is 0 Å². The lowest BCUT2D eigenvalue weighted by atomic mass is 11.1. The number of hydrogen-bond acceptors (Lipinski definition) is 5. The summed E-state index contributed by atoms with van der Waals surface area (Å²) in [6.45, 7) is 0. The smallest absolute Gasteiger partial charge is 0.450 e. The number of nitrogens with zero attached hydrogens (tertiary/aromatic N) is 3. The monoisotopic (exact) mass is 189 g/mol. The van der Waals surface area contributed by atoms with E-state index in [1.165, 1.54) is 18.1 Å². The highest BCUT2D eigenvalue weighted by molar-refractivity contribution is 7.99. The zero-order valence-electron chi connectivity index (χ0n) is 6.30. The average molecular weight is 189 g/mol. The van der Waals surface area contributed by atoms with E-state index in [-0.39, 0.29) is 5.94 Å². The molecular formula is C5H7N3O3S. The van der Waals surface area contributed by atoms with Gasteiger partial charge >= 0.3 is 6.16 Å². The Labute approximate surface area is 72.5 Å². The summed E-state index contributed by atoms with van der Waals surface area (Å²) >= 11 is 1.17. The molecule has 1 N–H and O–H groups in total. The molecule has 0 aliphatic carbocycles. The van der Waals surface area contributed by atoms with Gasteiger partial charge in [0.2, 0.25) is 0 Å². The average Bonchev–Trinajstić information content (AvgIpc) is 2.36. The van der Waals surface area contributed by atoms with Gasteiger partial charge in [-0.2, -0.15) is 0 Å². The Morgan fingerprint density at radius 1 is 1.92 bits per heavy atom. The molecule has 0 saturated heterocycles. The quantitative estimate of drug-likeness (QED) is 0.425. The summed E-state index contributed by atoms with van der Waals surface area (Å²) in [4.78, 5) is 9.93. The van der Waals surface area contributed by atoms with Crippen LogP contribution in [-0.2, 0) is 11.8 Å². The molecule has 1 aromatic rings. The maximum atomic E-state index is 9.93.